The van der Waals surface area contributed by atoms with Crippen molar-refractivity contribution in [2.45, 2.75) is 12.2 Å². The molecule has 2 aliphatic rings. The number of nitrogens with one attached hydrogen (secondary N) is 1. The first-order valence-corrected chi connectivity index (χ1v) is 9.17. The van der Waals surface area contributed by atoms with Crippen molar-refractivity contribution < 1.29 is 14.2 Å². The Hall–Kier alpha value is -2.74. The van der Waals surface area contributed by atoms with Crippen LogP contribution in [0.3, 0.4) is 0 Å². The van der Waals surface area contributed by atoms with Crippen molar-refractivity contribution in [1.29, 1.82) is 0 Å². The Morgan fingerprint density at radius 2 is 2.19 bits per heavy atom. The van der Waals surface area contributed by atoms with Crippen LogP contribution in [0.25, 0.3) is 0 Å². The molecule has 0 saturated carbocycles. The molecule has 0 aliphatic carbocycles. The van der Waals surface area contributed by atoms with Gasteiger partial charge in [-0.2, -0.15) is 5.10 Å². The summed E-state index contributed by atoms with van der Waals surface area (Å²) in [5, 5.41) is 7.65. The minimum absolute atomic E-state index is 0.00728. The van der Waals surface area contributed by atoms with Crippen LogP contribution < -0.4 is 14.8 Å². The minimum Gasteiger partial charge on any atom is -0.486 e. The topological polar surface area (TPSA) is 73.1 Å². The summed E-state index contributed by atoms with van der Waals surface area (Å²) in [6.07, 6.45) is 3.78. The first-order chi connectivity index (χ1) is 13.2. The SMILES string of the molecule is CN=C(NCC1COc2ccccc2O1)N1CCOC(c2cnn(C)c2)C1. The van der Waals surface area contributed by atoms with E-state index < -0.39 is 0 Å². The lowest BCUT2D eigenvalue weighted by Gasteiger charge is -2.35. The smallest absolute Gasteiger partial charge is 0.193 e. The molecule has 1 aromatic heterocycles. The fourth-order valence-electron chi connectivity index (χ4n) is 3.35. The molecule has 2 unspecified atom stereocenters. The van der Waals surface area contributed by atoms with Crippen LogP contribution >= 0.6 is 0 Å². The quantitative estimate of drug-likeness (QED) is 0.646. The Morgan fingerprint density at radius 1 is 1.33 bits per heavy atom. The number of rotatable bonds is 3. The summed E-state index contributed by atoms with van der Waals surface area (Å²) < 4.78 is 19.5. The molecule has 1 aromatic carbocycles. The molecule has 1 N–H and O–H groups in total. The van der Waals surface area contributed by atoms with Crippen LogP contribution in [0.5, 0.6) is 11.5 Å². The average Bonchev–Trinajstić information content (AvgIpc) is 3.15. The van der Waals surface area contributed by atoms with Gasteiger partial charge < -0.3 is 24.4 Å². The van der Waals surface area contributed by atoms with E-state index in [0.717, 1.165) is 36.1 Å². The molecule has 2 atom stereocenters. The second-order valence-corrected chi connectivity index (χ2v) is 6.68. The number of para-hydroxylation sites is 2. The molecule has 3 heterocycles. The first kappa shape index (κ1) is 17.7. The molecule has 144 valence electrons. The van der Waals surface area contributed by atoms with Gasteiger partial charge in [-0.25, -0.2) is 0 Å². The van der Waals surface area contributed by atoms with Crippen LogP contribution in [0.1, 0.15) is 11.7 Å². The zero-order chi connectivity index (χ0) is 18.6. The summed E-state index contributed by atoms with van der Waals surface area (Å²) in [6.45, 7) is 3.31. The van der Waals surface area contributed by atoms with Gasteiger partial charge in [-0.15, -0.1) is 0 Å². The maximum absolute atomic E-state index is 6.01. The third-order valence-corrected chi connectivity index (χ3v) is 4.73. The number of aryl methyl sites for hydroxylation is 1. The Bertz CT molecular complexity index is 806. The summed E-state index contributed by atoms with van der Waals surface area (Å²) in [4.78, 5) is 6.64. The molecule has 2 aromatic rings. The molecule has 1 saturated heterocycles. The molecular formula is C19H25N5O3. The van der Waals surface area contributed by atoms with Gasteiger partial charge in [0, 0.05) is 32.4 Å². The van der Waals surface area contributed by atoms with Gasteiger partial charge in [0.15, 0.2) is 17.5 Å². The van der Waals surface area contributed by atoms with E-state index in [-0.39, 0.29) is 12.2 Å². The van der Waals surface area contributed by atoms with Crippen LogP contribution in [0.2, 0.25) is 0 Å². The highest BCUT2D eigenvalue weighted by molar-refractivity contribution is 5.80. The monoisotopic (exact) mass is 371 g/mol. The molecule has 8 heteroatoms. The number of benzene rings is 1. The van der Waals surface area contributed by atoms with E-state index in [1.807, 2.05) is 43.7 Å². The molecule has 0 spiro atoms. The molecule has 8 nitrogen and oxygen atoms in total. The van der Waals surface area contributed by atoms with Gasteiger partial charge in [0.1, 0.15) is 18.8 Å². The van der Waals surface area contributed by atoms with Gasteiger partial charge in [0.05, 0.1) is 25.9 Å². The average molecular weight is 371 g/mol. The maximum atomic E-state index is 6.01. The summed E-state index contributed by atoms with van der Waals surface area (Å²) in [5.74, 6) is 2.42. The lowest BCUT2D eigenvalue weighted by molar-refractivity contribution is -0.00832. The number of aliphatic imine (C=N–C) groups is 1. The Labute approximate surface area is 158 Å². The number of hydrogen-bond donors (Lipinski definition) is 1. The number of morpholine rings is 1. The number of aromatic nitrogens is 2. The van der Waals surface area contributed by atoms with E-state index in [0.29, 0.717) is 19.8 Å². The second kappa shape index (κ2) is 7.87. The van der Waals surface area contributed by atoms with Gasteiger partial charge in [-0.1, -0.05) is 12.1 Å². The Morgan fingerprint density at radius 3 is 2.96 bits per heavy atom. The molecule has 2 aliphatic heterocycles. The first-order valence-electron chi connectivity index (χ1n) is 9.17. The normalized spacial score (nSPS) is 22.6. The highest BCUT2D eigenvalue weighted by atomic mass is 16.6. The molecule has 27 heavy (non-hydrogen) atoms. The minimum atomic E-state index is -0.0631. The predicted molar refractivity (Wildman–Crippen MR) is 101 cm³/mol. The van der Waals surface area contributed by atoms with E-state index in [9.17, 15) is 0 Å². The summed E-state index contributed by atoms with van der Waals surface area (Å²) in [6, 6.07) is 7.74. The molecule has 0 radical (unpaired) electrons. The summed E-state index contributed by atoms with van der Waals surface area (Å²) in [7, 11) is 3.71. The highest BCUT2D eigenvalue weighted by Crippen LogP contribution is 2.30. The summed E-state index contributed by atoms with van der Waals surface area (Å²) >= 11 is 0. The Kier molecular flexibility index (Phi) is 5.15. The van der Waals surface area contributed by atoms with Gasteiger partial charge in [-0.3, -0.25) is 9.67 Å². The van der Waals surface area contributed by atoms with Crippen molar-refractivity contribution in [3.05, 3.63) is 42.2 Å². The third-order valence-electron chi connectivity index (χ3n) is 4.73. The van der Waals surface area contributed by atoms with Gasteiger partial charge in [0.25, 0.3) is 0 Å². The number of hydrogen-bond acceptors (Lipinski definition) is 5. The zero-order valence-corrected chi connectivity index (χ0v) is 15.7. The van der Waals surface area contributed by atoms with Crippen LogP contribution in [-0.2, 0) is 11.8 Å². The van der Waals surface area contributed by atoms with Crippen LogP contribution in [0, 0.1) is 0 Å². The standard InChI is InChI=1S/C19H25N5O3/c1-20-19(21-10-15-13-26-16-5-3-4-6-17(16)27-15)24-7-8-25-18(12-24)14-9-22-23(2)11-14/h3-6,9,11,15,18H,7-8,10,12-13H2,1-2H3,(H,20,21). The van der Waals surface area contributed by atoms with E-state index in [1.165, 1.54) is 0 Å². The van der Waals surface area contributed by atoms with Gasteiger partial charge in [-0.05, 0) is 12.1 Å². The van der Waals surface area contributed by atoms with Crippen molar-refractivity contribution in [1.82, 2.24) is 20.0 Å². The Balaban J connectivity index is 1.34. The second-order valence-electron chi connectivity index (χ2n) is 6.68. The van der Waals surface area contributed by atoms with Crippen LogP contribution in [-0.4, -0.2) is 66.6 Å². The van der Waals surface area contributed by atoms with Crippen molar-refractivity contribution in [2.75, 3.05) is 39.9 Å². The van der Waals surface area contributed by atoms with Crippen LogP contribution in [0.15, 0.2) is 41.7 Å². The van der Waals surface area contributed by atoms with Crippen LogP contribution in [0.4, 0.5) is 0 Å². The molecular weight excluding hydrogens is 346 g/mol. The van der Waals surface area contributed by atoms with Crippen molar-refractivity contribution in [3.63, 3.8) is 0 Å². The van der Waals surface area contributed by atoms with Crippen molar-refractivity contribution in [2.24, 2.45) is 12.0 Å². The number of fused-ring (bicyclic) bond motifs is 1. The molecule has 0 bridgehead atoms. The van der Waals surface area contributed by atoms with E-state index in [1.54, 1.807) is 11.7 Å². The van der Waals surface area contributed by atoms with Crippen molar-refractivity contribution in [3.8, 4) is 11.5 Å². The fourth-order valence-corrected chi connectivity index (χ4v) is 3.35. The van der Waals surface area contributed by atoms with E-state index >= 15 is 0 Å². The van der Waals surface area contributed by atoms with E-state index in [2.05, 4.69) is 20.3 Å². The fraction of sp³-hybridized carbons (Fsp3) is 0.474. The highest BCUT2D eigenvalue weighted by Gasteiger charge is 2.26. The summed E-state index contributed by atoms with van der Waals surface area (Å²) in [5.41, 5.74) is 1.08. The maximum Gasteiger partial charge on any atom is 0.193 e. The molecule has 4 rings (SSSR count). The number of ether oxygens (including phenoxy) is 3. The molecule has 0 amide bonds. The lowest BCUT2D eigenvalue weighted by atomic mass is 10.1. The van der Waals surface area contributed by atoms with Gasteiger partial charge in [0.2, 0.25) is 0 Å². The third kappa shape index (κ3) is 4.00. The van der Waals surface area contributed by atoms with Crippen molar-refractivity contribution >= 4 is 5.96 Å². The zero-order valence-electron chi connectivity index (χ0n) is 15.7. The largest absolute Gasteiger partial charge is 0.486 e. The lowest BCUT2D eigenvalue weighted by Crippen LogP contribution is -2.51. The predicted octanol–water partition coefficient (Wildman–Crippen LogP) is 1.21. The number of guanidine groups is 1. The number of nitrogens with zero attached hydrogens (tertiary/aromatic N) is 4. The van der Waals surface area contributed by atoms with Gasteiger partial charge >= 0.3 is 0 Å². The molecule has 1 fully saturated rings. The van der Waals surface area contributed by atoms with E-state index in [4.69, 9.17) is 14.2 Å².